The Morgan fingerprint density at radius 2 is 2.47 bits per heavy atom. The van der Waals surface area contributed by atoms with Gasteiger partial charge < -0.3 is 9.30 Å². The fraction of sp³-hybridized carbons (Fsp3) is 0.600. The lowest BCUT2D eigenvalue weighted by molar-refractivity contribution is -0.143. The molecule has 0 spiro atoms. The summed E-state index contributed by atoms with van der Waals surface area (Å²) in [6, 6.07) is 0. The molecule has 0 amide bonds. The van der Waals surface area contributed by atoms with E-state index in [9.17, 15) is 4.79 Å². The van der Waals surface area contributed by atoms with Gasteiger partial charge in [0.05, 0.1) is 18.6 Å². The summed E-state index contributed by atoms with van der Waals surface area (Å²) >= 11 is 3.40. The highest BCUT2D eigenvalue weighted by Crippen LogP contribution is 2.42. The summed E-state index contributed by atoms with van der Waals surface area (Å²) in [4.78, 5) is 15.5. The molecule has 1 aromatic rings. The molecule has 0 aromatic carbocycles. The van der Waals surface area contributed by atoms with Crippen LogP contribution in [0.2, 0.25) is 0 Å². The molecule has 4 nitrogen and oxygen atoms in total. The molecule has 1 saturated carbocycles. The van der Waals surface area contributed by atoms with Crippen molar-refractivity contribution in [1.29, 1.82) is 0 Å². The zero-order valence-corrected chi connectivity index (χ0v) is 10.2. The summed E-state index contributed by atoms with van der Waals surface area (Å²) in [5.74, 6) is 0.362. The SMILES string of the molecule is CCOC(=O)Cn1cnc(Br)c1C1CC1. The average molecular weight is 273 g/mol. The molecule has 0 saturated heterocycles. The quantitative estimate of drug-likeness (QED) is 0.789. The average Bonchev–Trinajstić information content (AvgIpc) is 2.94. The van der Waals surface area contributed by atoms with Crippen molar-refractivity contribution in [3.63, 3.8) is 0 Å². The molecule has 82 valence electrons. The van der Waals surface area contributed by atoms with Gasteiger partial charge in [-0.3, -0.25) is 4.79 Å². The fourth-order valence-corrected chi connectivity index (χ4v) is 2.24. The van der Waals surface area contributed by atoms with E-state index in [1.165, 1.54) is 12.8 Å². The van der Waals surface area contributed by atoms with Crippen LogP contribution in [0.5, 0.6) is 0 Å². The van der Waals surface area contributed by atoms with Gasteiger partial charge in [0.2, 0.25) is 0 Å². The Kier molecular flexibility index (Phi) is 3.09. The zero-order valence-electron chi connectivity index (χ0n) is 8.57. The summed E-state index contributed by atoms with van der Waals surface area (Å²) < 4.78 is 7.64. The Morgan fingerprint density at radius 3 is 3.07 bits per heavy atom. The van der Waals surface area contributed by atoms with Gasteiger partial charge in [-0.15, -0.1) is 0 Å². The molecule has 1 aromatic heterocycles. The van der Waals surface area contributed by atoms with Gasteiger partial charge in [0.25, 0.3) is 0 Å². The number of imidazole rings is 1. The Balaban J connectivity index is 2.10. The third-order valence-electron chi connectivity index (χ3n) is 2.40. The molecule has 0 atom stereocenters. The number of rotatable bonds is 4. The van der Waals surface area contributed by atoms with Crippen LogP contribution in [0.1, 0.15) is 31.4 Å². The Bertz CT molecular complexity index is 371. The maximum absolute atomic E-state index is 11.3. The monoisotopic (exact) mass is 272 g/mol. The van der Waals surface area contributed by atoms with Crippen LogP contribution < -0.4 is 0 Å². The predicted octanol–water partition coefficient (Wildman–Crippen LogP) is 2.09. The lowest BCUT2D eigenvalue weighted by Gasteiger charge is -2.06. The van der Waals surface area contributed by atoms with E-state index in [0.717, 1.165) is 10.3 Å². The van der Waals surface area contributed by atoms with E-state index in [2.05, 4.69) is 20.9 Å². The first-order valence-corrected chi connectivity index (χ1v) is 5.87. The van der Waals surface area contributed by atoms with E-state index in [1.54, 1.807) is 6.33 Å². The Hall–Kier alpha value is -0.840. The first kappa shape index (κ1) is 10.7. The number of halogens is 1. The molecule has 1 fully saturated rings. The number of nitrogens with zero attached hydrogens (tertiary/aromatic N) is 2. The predicted molar refractivity (Wildman–Crippen MR) is 58.5 cm³/mol. The minimum Gasteiger partial charge on any atom is -0.465 e. The number of hydrogen-bond acceptors (Lipinski definition) is 3. The van der Waals surface area contributed by atoms with Crippen LogP contribution in [-0.2, 0) is 16.1 Å². The van der Waals surface area contributed by atoms with Crippen molar-refractivity contribution in [2.24, 2.45) is 0 Å². The van der Waals surface area contributed by atoms with Crippen molar-refractivity contribution < 1.29 is 9.53 Å². The number of esters is 1. The maximum atomic E-state index is 11.3. The molecule has 0 N–H and O–H groups in total. The molecule has 0 aliphatic heterocycles. The van der Waals surface area contributed by atoms with E-state index in [-0.39, 0.29) is 12.5 Å². The van der Waals surface area contributed by atoms with Crippen LogP contribution in [0.25, 0.3) is 0 Å². The summed E-state index contributed by atoms with van der Waals surface area (Å²) in [5, 5.41) is 0. The molecule has 15 heavy (non-hydrogen) atoms. The third kappa shape index (κ3) is 2.40. The van der Waals surface area contributed by atoms with Crippen molar-refractivity contribution in [3.8, 4) is 0 Å². The standard InChI is InChI=1S/C10H13BrN2O2/c1-2-15-8(14)5-13-6-12-10(11)9(13)7-3-4-7/h6-7H,2-5H2,1H3. The van der Waals surface area contributed by atoms with Gasteiger partial charge in [-0.2, -0.15) is 0 Å². The molecular weight excluding hydrogens is 260 g/mol. The normalized spacial score (nSPS) is 15.3. The molecule has 1 heterocycles. The van der Waals surface area contributed by atoms with E-state index >= 15 is 0 Å². The van der Waals surface area contributed by atoms with Crippen LogP contribution in [0.15, 0.2) is 10.9 Å². The first-order valence-electron chi connectivity index (χ1n) is 5.08. The minimum absolute atomic E-state index is 0.204. The van der Waals surface area contributed by atoms with E-state index in [1.807, 2.05) is 11.5 Å². The minimum atomic E-state index is -0.204. The first-order chi connectivity index (χ1) is 7.22. The van der Waals surface area contributed by atoms with Gasteiger partial charge in [0.1, 0.15) is 11.1 Å². The number of ether oxygens (including phenoxy) is 1. The Morgan fingerprint density at radius 1 is 1.73 bits per heavy atom. The van der Waals surface area contributed by atoms with Crippen LogP contribution in [-0.4, -0.2) is 22.1 Å². The second kappa shape index (κ2) is 4.35. The summed E-state index contributed by atoms with van der Waals surface area (Å²) in [6.45, 7) is 2.50. The highest BCUT2D eigenvalue weighted by molar-refractivity contribution is 9.10. The van der Waals surface area contributed by atoms with Gasteiger partial charge in [-0.1, -0.05) is 0 Å². The van der Waals surface area contributed by atoms with Crippen molar-refractivity contribution >= 4 is 21.9 Å². The molecule has 5 heteroatoms. The van der Waals surface area contributed by atoms with Gasteiger partial charge >= 0.3 is 5.97 Å². The Labute approximate surface area is 96.8 Å². The van der Waals surface area contributed by atoms with Gasteiger partial charge in [-0.25, -0.2) is 4.98 Å². The lowest BCUT2D eigenvalue weighted by Crippen LogP contribution is -2.14. The van der Waals surface area contributed by atoms with Crippen LogP contribution >= 0.6 is 15.9 Å². The van der Waals surface area contributed by atoms with Gasteiger partial charge in [0.15, 0.2) is 0 Å². The molecule has 0 radical (unpaired) electrons. The van der Waals surface area contributed by atoms with E-state index in [4.69, 9.17) is 4.74 Å². The lowest BCUT2D eigenvalue weighted by atomic mass is 10.3. The number of aromatic nitrogens is 2. The fourth-order valence-electron chi connectivity index (χ4n) is 1.60. The topological polar surface area (TPSA) is 44.1 Å². The second-order valence-electron chi connectivity index (χ2n) is 3.63. The molecule has 0 unspecified atom stereocenters. The van der Waals surface area contributed by atoms with Crippen molar-refractivity contribution in [2.75, 3.05) is 6.61 Å². The highest BCUT2D eigenvalue weighted by Gasteiger charge is 2.30. The molecule has 2 rings (SSSR count). The summed E-state index contributed by atoms with van der Waals surface area (Å²) in [7, 11) is 0. The van der Waals surface area contributed by atoms with Crippen molar-refractivity contribution in [1.82, 2.24) is 9.55 Å². The number of carbonyl (C=O) groups excluding carboxylic acids is 1. The maximum Gasteiger partial charge on any atom is 0.325 e. The van der Waals surface area contributed by atoms with Gasteiger partial charge in [-0.05, 0) is 35.7 Å². The van der Waals surface area contributed by atoms with E-state index < -0.39 is 0 Å². The van der Waals surface area contributed by atoms with E-state index in [0.29, 0.717) is 12.5 Å². The third-order valence-corrected chi connectivity index (χ3v) is 3.01. The molecule has 0 bridgehead atoms. The van der Waals surface area contributed by atoms with Crippen LogP contribution in [0, 0.1) is 0 Å². The van der Waals surface area contributed by atoms with Crippen molar-refractivity contribution in [2.45, 2.75) is 32.2 Å². The summed E-state index contributed by atoms with van der Waals surface area (Å²) in [6.07, 6.45) is 4.06. The number of hydrogen-bond donors (Lipinski definition) is 0. The molecule has 1 aliphatic rings. The van der Waals surface area contributed by atoms with Crippen LogP contribution in [0.3, 0.4) is 0 Å². The van der Waals surface area contributed by atoms with Gasteiger partial charge in [0, 0.05) is 5.92 Å². The van der Waals surface area contributed by atoms with Crippen LogP contribution in [0.4, 0.5) is 0 Å². The zero-order chi connectivity index (χ0) is 10.8. The van der Waals surface area contributed by atoms with Crippen molar-refractivity contribution in [3.05, 3.63) is 16.6 Å². The summed E-state index contributed by atoms with van der Waals surface area (Å²) in [5.41, 5.74) is 1.13. The molecule has 1 aliphatic carbocycles. The second-order valence-corrected chi connectivity index (χ2v) is 4.38. The largest absolute Gasteiger partial charge is 0.465 e. The molecular formula is C10H13BrN2O2. The smallest absolute Gasteiger partial charge is 0.325 e. The number of carbonyl (C=O) groups is 1. The highest BCUT2D eigenvalue weighted by atomic mass is 79.9.